The standard InChI is InChI=1S/C6H15NOS/c1-9-5-3-6(7)2-4-8/h6,8H,2-5,7H2,1H3/t6-/m1/s1. The zero-order valence-electron chi connectivity index (χ0n) is 5.84. The third-order valence-corrected chi connectivity index (χ3v) is 1.84. The Morgan fingerprint density at radius 2 is 2.22 bits per heavy atom. The Labute approximate surface area is 60.8 Å². The van der Waals surface area contributed by atoms with Crippen molar-refractivity contribution in [1.82, 2.24) is 0 Å². The third kappa shape index (κ3) is 6.15. The number of aliphatic hydroxyl groups is 1. The number of rotatable bonds is 5. The highest BCUT2D eigenvalue weighted by molar-refractivity contribution is 7.98. The van der Waals surface area contributed by atoms with Crippen LogP contribution in [0, 0.1) is 0 Å². The van der Waals surface area contributed by atoms with Crippen LogP contribution in [0.4, 0.5) is 0 Å². The molecule has 0 aromatic carbocycles. The van der Waals surface area contributed by atoms with Crippen LogP contribution in [0.1, 0.15) is 12.8 Å². The van der Waals surface area contributed by atoms with Gasteiger partial charge in [-0.05, 0) is 24.9 Å². The SMILES string of the molecule is CSCC[C@H](N)CCO. The van der Waals surface area contributed by atoms with Crippen LogP contribution < -0.4 is 5.73 Å². The van der Waals surface area contributed by atoms with Crippen LogP contribution in [-0.2, 0) is 0 Å². The van der Waals surface area contributed by atoms with Crippen LogP contribution in [0.25, 0.3) is 0 Å². The molecule has 3 N–H and O–H groups in total. The van der Waals surface area contributed by atoms with E-state index in [0.717, 1.165) is 18.6 Å². The van der Waals surface area contributed by atoms with Gasteiger partial charge in [0.1, 0.15) is 0 Å². The smallest absolute Gasteiger partial charge is 0.0445 e. The van der Waals surface area contributed by atoms with Crippen molar-refractivity contribution >= 4 is 11.8 Å². The number of thioether (sulfide) groups is 1. The minimum atomic E-state index is 0.197. The summed E-state index contributed by atoms with van der Waals surface area (Å²) in [5.74, 6) is 1.10. The Kier molecular flexibility index (Phi) is 6.58. The van der Waals surface area contributed by atoms with Crippen molar-refractivity contribution in [3.8, 4) is 0 Å². The van der Waals surface area contributed by atoms with Gasteiger partial charge < -0.3 is 10.8 Å². The molecule has 0 aliphatic heterocycles. The lowest BCUT2D eigenvalue weighted by Crippen LogP contribution is -2.21. The zero-order chi connectivity index (χ0) is 7.11. The first-order chi connectivity index (χ1) is 4.31. The molecule has 1 atom stereocenters. The lowest BCUT2D eigenvalue weighted by molar-refractivity contribution is 0.275. The van der Waals surface area contributed by atoms with Gasteiger partial charge in [0, 0.05) is 12.6 Å². The molecule has 0 saturated carbocycles. The van der Waals surface area contributed by atoms with E-state index < -0.39 is 0 Å². The van der Waals surface area contributed by atoms with E-state index in [4.69, 9.17) is 10.8 Å². The van der Waals surface area contributed by atoms with Crippen molar-refractivity contribution < 1.29 is 5.11 Å². The van der Waals surface area contributed by atoms with Crippen molar-refractivity contribution in [3.05, 3.63) is 0 Å². The molecule has 0 heterocycles. The van der Waals surface area contributed by atoms with Crippen molar-refractivity contribution in [2.45, 2.75) is 18.9 Å². The zero-order valence-corrected chi connectivity index (χ0v) is 6.66. The first-order valence-electron chi connectivity index (χ1n) is 3.16. The number of aliphatic hydroxyl groups excluding tert-OH is 1. The largest absolute Gasteiger partial charge is 0.396 e. The second-order valence-electron chi connectivity index (χ2n) is 2.05. The molecule has 56 valence electrons. The monoisotopic (exact) mass is 149 g/mol. The van der Waals surface area contributed by atoms with Gasteiger partial charge in [0.05, 0.1) is 0 Å². The van der Waals surface area contributed by atoms with E-state index in [1.807, 2.05) is 0 Å². The highest BCUT2D eigenvalue weighted by atomic mass is 32.2. The molecule has 0 aromatic rings. The highest BCUT2D eigenvalue weighted by Crippen LogP contribution is 2.00. The Morgan fingerprint density at radius 3 is 2.67 bits per heavy atom. The van der Waals surface area contributed by atoms with Crippen LogP contribution in [0.2, 0.25) is 0 Å². The van der Waals surface area contributed by atoms with E-state index in [2.05, 4.69) is 6.26 Å². The summed E-state index contributed by atoms with van der Waals surface area (Å²) >= 11 is 1.79. The number of nitrogens with two attached hydrogens (primary N) is 1. The maximum Gasteiger partial charge on any atom is 0.0445 e. The second kappa shape index (κ2) is 6.39. The van der Waals surface area contributed by atoms with Crippen molar-refractivity contribution in [1.29, 1.82) is 0 Å². The summed E-state index contributed by atoms with van der Waals surface area (Å²) in [6.45, 7) is 0.218. The third-order valence-electron chi connectivity index (χ3n) is 1.19. The first kappa shape index (κ1) is 9.27. The van der Waals surface area contributed by atoms with E-state index >= 15 is 0 Å². The summed E-state index contributed by atoms with van der Waals surface area (Å²) in [4.78, 5) is 0. The number of hydrogen-bond donors (Lipinski definition) is 2. The van der Waals surface area contributed by atoms with Gasteiger partial charge in [-0.2, -0.15) is 11.8 Å². The molecule has 9 heavy (non-hydrogen) atoms. The molecule has 0 fully saturated rings. The summed E-state index contributed by atoms with van der Waals surface area (Å²) in [5, 5.41) is 8.45. The molecule has 0 aromatic heterocycles. The minimum absolute atomic E-state index is 0.197. The maximum atomic E-state index is 8.45. The van der Waals surface area contributed by atoms with E-state index in [-0.39, 0.29) is 12.6 Å². The number of hydrogen-bond acceptors (Lipinski definition) is 3. The quantitative estimate of drug-likeness (QED) is 0.596. The van der Waals surface area contributed by atoms with Crippen LogP contribution in [0.5, 0.6) is 0 Å². The maximum absolute atomic E-state index is 8.45. The van der Waals surface area contributed by atoms with Gasteiger partial charge in [0.15, 0.2) is 0 Å². The minimum Gasteiger partial charge on any atom is -0.396 e. The Hall–Kier alpha value is 0.270. The van der Waals surface area contributed by atoms with E-state index in [1.54, 1.807) is 11.8 Å². The van der Waals surface area contributed by atoms with E-state index in [9.17, 15) is 0 Å². The van der Waals surface area contributed by atoms with Gasteiger partial charge in [0.25, 0.3) is 0 Å². The van der Waals surface area contributed by atoms with Gasteiger partial charge in [-0.3, -0.25) is 0 Å². The van der Waals surface area contributed by atoms with Crippen LogP contribution >= 0.6 is 11.8 Å². The molecule has 2 nitrogen and oxygen atoms in total. The summed E-state index contributed by atoms with van der Waals surface area (Å²) in [5.41, 5.74) is 5.60. The normalized spacial score (nSPS) is 13.7. The summed E-state index contributed by atoms with van der Waals surface area (Å²) in [7, 11) is 0. The van der Waals surface area contributed by atoms with Gasteiger partial charge in [-0.25, -0.2) is 0 Å². The predicted octanol–water partition coefficient (Wildman–Crippen LogP) is 0.449. The highest BCUT2D eigenvalue weighted by Gasteiger charge is 1.98. The van der Waals surface area contributed by atoms with Crippen molar-refractivity contribution in [2.75, 3.05) is 18.6 Å². The van der Waals surface area contributed by atoms with Crippen LogP contribution in [-0.4, -0.2) is 29.8 Å². The molecule has 0 saturated heterocycles. The van der Waals surface area contributed by atoms with Crippen molar-refractivity contribution in [3.63, 3.8) is 0 Å². The van der Waals surface area contributed by atoms with Crippen LogP contribution in [0.15, 0.2) is 0 Å². The predicted molar refractivity (Wildman–Crippen MR) is 42.7 cm³/mol. The average molecular weight is 149 g/mol. The van der Waals surface area contributed by atoms with Gasteiger partial charge in [-0.15, -0.1) is 0 Å². The molecule has 0 rings (SSSR count). The lowest BCUT2D eigenvalue weighted by Gasteiger charge is -2.06. The molecular weight excluding hydrogens is 134 g/mol. The molecule has 0 radical (unpaired) electrons. The lowest BCUT2D eigenvalue weighted by atomic mass is 10.2. The Bertz CT molecular complexity index is 61.0. The van der Waals surface area contributed by atoms with Gasteiger partial charge >= 0.3 is 0 Å². The molecule has 3 heteroatoms. The van der Waals surface area contributed by atoms with E-state index in [0.29, 0.717) is 0 Å². The fourth-order valence-corrected chi connectivity index (χ4v) is 1.12. The van der Waals surface area contributed by atoms with E-state index in [1.165, 1.54) is 0 Å². The Morgan fingerprint density at radius 1 is 1.56 bits per heavy atom. The van der Waals surface area contributed by atoms with Gasteiger partial charge in [0.2, 0.25) is 0 Å². The van der Waals surface area contributed by atoms with Crippen LogP contribution in [0.3, 0.4) is 0 Å². The summed E-state index contributed by atoms with van der Waals surface area (Å²) < 4.78 is 0. The fraction of sp³-hybridized carbons (Fsp3) is 1.00. The average Bonchev–Trinajstić information content (AvgIpc) is 1.85. The summed E-state index contributed by atoms with van der Waals surface area (Å²) in [6, 6.07) is 0.197. The van der Waals surface area contributed by atoms with Crippen molar-refractivity contribution in [2.24, 2.45) is 5.73 Å². The fourth-order valence-electron chi connectivity index (χ4n) is 0.579. The topological polar surface area (TPSA) is 46.2 Å². The van der Waals surface area contributed by atoms with Gasteiger partial charge in [-0.1, -0.05) is 0 Å². The molecular formula is C6H15NOS. The molecule has 0 amide bonds. The molecule has 0 unspecified atom stereocenters. The molecule has 0 spiro atoms. The molecule has 0 bridgehead atoms. The first-order valence-corrected chi connectivity index (χ1v) is 4.56. The Balaban J connectivity index is 2.95. The molecule has 0 aliphatic rings. The molecule has 0 aliphatic carbocycles. The second-order valence-corrected chi connectivity index (χ2v) is 3.04. The summed E-state index contributed by atoms with van der Waals surface area (Å²) in [6.07, 6.45) is 3.81.